The molecule has 0 spiro atoms. The third kappa shape index (κ3) is 4.29. The molecule has 1 N–H and O–H groups in total. The molecule has 2 aromatic heterocycles. The van der Waals surface area contributed by atoms with Gasteiger partial charge in [0.1, 0.15) is 22.7 Å². The number of hydrogen-bond acceptors (Lipinski definition) is 7. The second kappa shape index (κ2) is 8.52. The summed E-state index contributed by atoms with van der Waals surface area (Å²) in [6.45, 7) is 4.70. The molecule has 2 atom stereocenters. The quantitative estimate of drug-likeness (QED) is 0.403. The molecule has 2 bridgehead atoms. The number of carbonyl (C=O) groups excluding carboxylic acids is 1. The van der Waals surface area contributed by atoms with E-state index < -0.39 is 23.0 Å². The summed E-state index contributed by atoms with van der Waals surface area (Å²) in [7, 11) is 0. The van der Waals surface area contributed by atoms with Crippen molar-refractivity contribution in [3.05, 3.63) is 54.1 Å². The molecule has 13 heteroatoms. The number of amides is 1. The first-order valence-electron chi connectivity index (χ1n) is 10.5. The molecular formula is C22H17ClF4N6O2. The molecule has 1 aromatic carbocycles. The van der Waals surface area contributed by atoms with Crippen molar-refractivity contribution >= 4 is 45.9 Å². The summed E-state index contributed by atoms with van der Waals surface area (Å²) in [5.74, 6) is -1.32. The van der Waals surface area contributed by atoms with Gasteiger partial charge in [0.2, 0.25) is 5.91 Å². The highest BCUT2D eigenvalue weighted by atomic mass is 35.5. The Morgan fingerprint density at radius 1 is 1.20 bits per heavy atom. The minimum Gasteiger partial charge on any atom is -0.404 e. The Hall–Kier alpha value is -3.67. The summed E-state index contributed by atoms with van der Waals surface area (Å²) in [6.07, 6.45) is -1.64. The molecule has 3 aromatic rings. The van der Waals surface area contributed by atoms with Crippen LogP contribution in [0.4, 0.5) is 34.9 Å². The lowest BCUT2D eigenvalue weighted by atomic mass is 10.2. The van der Waals surface area contributed by atoms with E-state index in [0.29, 0.717) is 29.9 Å². The summed E-state index contributed by atoms with van der Waals surface area (Å²) >= 11 is 5.75. The predicted molar refractivity (Wildman–Crippen MR) is 120 cm³/mol. The van der Waals surface area contributed by atoms with Gasteiger partial charge in [0.15, 0.2) is 17.4 Å². The average Bonchev–Trinajstić information content (AvgIpc) is 3.44. The number of anilines is 3. The third-order valence-corrected chi connectivity index (χ3v) is 6.34. The van der Waals surface area contributed by atoms with Gasteiger partial charge in [-0.1, -0.05) is 18.2 Å². The molecule has 2 saturated heterocycles. The largest absolute Gasteiger partial charge is 0.573 e. The summed E-state index contributed by atoms with van der Waals surface area (Å²) in [6, 6.07) is 5.66. The summed E-state index contributed by atoms with van der Waals surface area (Å²) in [4.78, 5) is 28.9. The van der Waals surface area contributed by atoms with Gasteiger partial charge in [0, 0.05) is 13.1 Å². The zero-order valence-corrected chi connectivity index (χ0v) is 18.6. The highest BCUT2D eigenvalue weighted by Crippen LogP contribution is 2.38. The number of benzene rings is 1. The van der Waals surface area contributed by atoms with Gasteiger partial charge in [-0.3, -0.25) is 4.79 Å². The highest BCUT2D eigenvalue weighted by molar-refractivity contribution is 6.32. The molecule has 2 fully saturated rings. The van der Waals surface area contributed by atoms with Crippen LogP contribution in [0.15, 0.2) is 43.2 Å². The van der Waals surface area contributed by atoms with E-state index in [1.807, 2.05) is 0 Å². The Bertz CT molecular complexity index is 1340. The maximum atomic E-state index is 14.7. The van der Waals surface area contributed by atoms with E-state index in [9.17, 15) is 22.4 Å². The standard InChI is InChI=1S/C22H17ClF4N6O2/c1-2-17(34)33-9-11-7-12(33)8-32(11)16-6-4-14-20(31-16)21(29-10-28-14)30-13-3-5-15(18(23)19(13)24)35-22(25,26)27/h2-6,10-12H,1,7-9H2,(H,28,29,30)/t11-,12-/m0/s1. The smallest absolute Gasteiger partial charge is 0.404 e. The van der Waals surface area contributed by atoms with Crippen molar-refractivity contribution in [2.24, 2.45) is 0 Å². The third-order valence-electron chi connectivity index (χ3n) is 5.99. The SMILES string of the molecule is C=CC(=O)N1C[C@@H]2C[C@H]1CN2c1ccc2ncnc(Nc3ccc(OC(F)(F)F)c(Cl)c3F)c2n1. The minimum absolute atomic E-state index is 0.0567. The Morgan fingerprint density at radius 3 is 2.69 bits per heavy atom. The average molecular weight is 509 g/mol. The number of fused-ring (bicyclic) bond motifs is 3. The summed E-state index contributed by atoms with van der Waals surface area (Å²) in [5.41, 5.74) is 0.594. The number of alkyl halides is 3. The van der Waals surface area contributed by atoms with E-state index in [1.54, 1.807) is 17.0 Å². The van der Waals surface area contributed by atoms with Gasteiger partial charge in [-0.15, -0.1) is 13.2 Å². The first-order valence-corrected chi connectivity index (χ1v) is 10.8. The summed E-state index contributed by atoms with van der Waals surface area (Å²) in [5, 5.41) is 1.91. The number of pyridine rings is 1. The molecule has 1 amide bonds. The number of rotatable bonds is 5. The molecule has 2 aliphatic heterocycles. The van der Waals surface area contributed by atoms with Crippen LogP contribution in [0.25, 0.3) is 11.0 Å². The van der Waals surface area contributed by atoms with Gasteiger partial charge in [-0.05, 0) is 36.8 Å². The van der Waals surface area contributed by atoms with E-state index in [4.69, 9.17) is 11.6 Å². The maximum absolute atomic E-state index is 14.7. The molecule has 2 aliphatic rings. The van der Waals surface area contributed by atoms with Gasteiger partial charge in [-0.2, -0.15) is 0 Å². The first-order chi connectivity index (χ1) is 16.6. The number of nitrogens with one attached hydrogen (secondary N) is 1. The lowest BCUT2D eigenvalue weighted by molar-refractivity contribution is -0.274. The molecule has 4 heterocycles. The fourth-order valence-electron chi connectivity index (χ4n) is 4.48. The normalized spacial score (nSPS) is 19.3. The van der Waals surface area contributed by atoms with Crippen LogP contribution >= 0.6 is 11.6 Å². The van der Waals surface area contributed by atoms with Crippen LogP contribution in [0, 0.1) is 5.82 Å². The number of ether oxygens (including phenoxy) is 1. The van der Waals surface area contributed by atoms with Crippen LogP contribution in [0.5, 0.6) is 5.75 Å². The minimum atomic E-state index is -5.01. The Kier molecular flexibility index (Phi) is 5.62. The van der Waals surface area contributed by atoms with Crippen molar-refractivity contribution in [2.45, 2.75) is 24.9 Å². The maximum Gasteiger partial charge on any atom is 0.573 e. The number of aromatic nitrogens is 3. The van der Waals surface area contributed by atoms with Gasteiger partial charge < -0.3 is 19.9 Å². The monoisotopic (exact) mass is 508 g/mol. The molecule has 0 saturated carbocycles. The van der Waals surface area contributed by atoms with E-state index in [1.165, 1.54) is 12.4 Å². The molecule has 182 valence electrons. The van der Waals surface area contributed by atoms with E-state index in [0.717, 1.165) is 18.6 Å². The number of hydrogen-bond donors (Lipinski definition) is 1. The molecule has 0 aliphatic carbocycles. The lowest BCUT2D eigenvalue weighted by Gasteiger charge is -2.34. The molecule has 0 radical (unpaired) electrons. The highest BCUT2D eigenvalue weighted by Gasteiger charge is 2.45. The number of likely N-dealkylation sites (tertiary alicyclic amines) is 1. The van der Waals surface area contributed by atoms with E-state index in [2.05, 4.69) is 36.5 Å². The van der Waals surface area contributed by atoms with Gasteiger partial charge in [0.25, 0.3) is 0 Å². The van der Waals surface area contributed by atoms with Crippen molar-refractivity contribution in [3.8, 4) is 5.75 Å². The van der Waals surface area contributed by atoms with Crippen LogP contribution < -0.4 is 15.0 Å². The van der Waals surface area contributed by atoms with Crippen molar-refractivity contribution in [3.63, 3.8) is 0 Å². The fraction of sp³-hybridized carbons (Fsp3) is 0.273. The molecule has 35 heavy (non-hydrogen) atoms. The Morgan fingerprint density at radius 2 is 2.00 bits per heavy atom. The van der Waals surface area contributed by atoms with Crippen LogP contribution in [0.3, 0.4) is 0 Å². The Labute approximate surface area is 201 Å². The Balaban J connectivity index is 1.43. The molecule has 8 nitrogen and oxygen atoms in total. The fourth-order valence-corrected chi connectivity index (χ4v) is 4.68. The van der Waals surface area contributed by atoms with Gasteiger partial charge >= 0.3 is 6.36 Å². The lowest BCUT2D eigenvalue weighted by Crippen LogP contribution is -2.48. The van der Waals surface area contributed by atoms with Crippen molar-refractivity contribution in [1.82, 2.24) is 19.9 Å². The van der Waals surface area contributed by atoms with Gasteiger partial charge in [-0.25, -0.2) is 19.3 Å². The van der Waals surface area contributed by atoms with Crippen LogP contribution in [-0.2, 0) is 4.79 Å². The number of halogens is 5. The van der Waals surface area contributed by atoms with Crippen molar-refractivity contribution < 1.29 is 27.1 Å². The van der Waals surface area contributed by atoms with Crippen LogP contribution in [0.1, 0.15) is 6.42 Å². The molecule has 0 unspecified atom stereocenters. The summed E-state index contributed by atoms with van der Waals surface area (Å²) < 4.78 is 56.0. The predicted octanol–water partition coefficient (Wildman–Crippen LogP) is 4.44. The van der Waals surface area contributed by atoms with Crippen LogP contribution in [-0.4, -0.2) is 57.3 Å². The number of piperazine rings is 1. The number of nitrogens with zero attached hydrogens (tertiary/aromatic N) is 5. The zero-order chi connectivity index (χ0) is 24.9. The molecule has 5 rings (SSSR count). The first kappa shape index (κ1) is 23.1. The molecular weight excluding hydrogens is 492 g/mol. The van der Waals surface area contributed by atoms with E-state index >= 15 is 0 Å². The van der Waals surface area contributed by atoms with Gasteiger partial charge in [0.05, 0.1) is 23.3 Å². The van der Waals surface area contributed by atoms with Crippen LogP contribution in [0.2, 0.25) is 5.02 Å². The van der Waals surface area contributed by atoms with Crippen molar-refractivity contribution in [1.29, 1.82) is 0 Å². The number of carbonyl (C=O) groups is 1. The van der Waals surface area contributed by atoms with Crippen molar-refractivity contribution in [2.75, 3.05) is 23.3 Å². The topological polar surface area (TPSA) is 83.5 Å². The zero-order valence-electron chi connectivity index (χ0n) is 17.9. The second-order valence-electron chi connectivity index (χ2n) is 8.06. The van der Waals surface area contributed by atoms with E-state index in [-0.39, 0.29) is 29.5 Å². The second-order valence-corrected chi connectivity index (χ2v) is 8.44.